The van der Waals surface area contributed by atoms with Crippen molar-refractivity contribution in [1.82, 2.24) is 9.88 Å². The quantitative estimate of drug-likeness (QED) is 0.731. The van der Waals surface area contributed by atoms with Crippen LogP contribution in [-0.2, 0) is 0 Å². The Balaban J connectivity index is 0.00000162. The third kappa shape index (κ3) is 3.19. The molecule has 0 bridgehead atoms. The highest BCUT2D eigenvalue weighted by Gasteiger charge is 2.35. The number of nitrogens with zero attached hydrogens (tertiary/aromatic N) is 1. The number of halogens is 2. The Morgan fingerprint density at radius 3 is 2.78 bits per heavy atom. The highest BCUT2D eigenvalue weighted by molar-refractivity contribution is 14.1. The van der Waals surface area contributed by atoms with Crippen molar-refractivity contribution in [2.24, 2.45) is 11.1 Å². The van der Waals surface area contributed by atoms with Crippen LogP contribution in [0.25, 0.3) is 0 Å². The molecule has 2 rings (SSSR count). The first-order chi connectivity index (χ1) is 7.90. The molecule has 1 aromatic heterocycles. The smallest absolute Gasteiger partial charge is 0.270 e. The average Bonchev–Trinajstić information content (AvgIpc) is 2.68. The molecule has 18 heavy (non-hydrogen) atoms. The highest BCUT2D eigenvalue weighted by Crippen LogP contribution is 2.28. The van der Waals surface area contributed by atoms with Gasteiger partial charge < -0.3 is 15.6 Å². The average molecular weight is 384 g/mol. The van der Waals surface area contributed by atoms with E-state index >= 15 is 0 Å². The first kappa shape index (κ1) is 15.8. The van der Waals surface area contributed by atoms with Gasteiger partial charge in [0.1, 0.15) is 5.69 Å². The molecule has 1 atom stereocenters. The second-order valence-electron chi connectivity index (χ2n) is 5.34. The van der Waals surface area contributed by atoms with Crippen molar-refractivity contribution in [2.45, 2.75) is 26.3 Å². The first-order valence-electron chi connectivity index (χ1n) is 5.79. The predicted octanol–water partition coefficient (Wildman–Crippen LogP) is 2.24. The molecule has 0 aromatic carbocycles. The van der Waals surface area contributed by atoms with Crippen molar-refractivity contribution in [3.63, 3.8) is 0 Å². The number of carbonyl (C=O) groups is 1. The summed E-state index contributed by atoms with van der Waals surface area (Å²) in [6, 6.07) is 2.06. The van der Waals surface area contributed by atoms with Gasteiger partial charge in [0.25, 0.3) is 5.91 Å². The maximum atomic E-state index is 12.3. The fourth-order valence-electron chi connectivity index (χ4n) is 2.21. The molecule has 2 heterocycles. The van der Waals surface area contributed by atoms with Gasteiger partial charge in [0.15, 0.2) is 0 Å². The minimum absolute atomic E-state index is 0. The Morgan fingerprint density at radius 1 is 1.61 bits per heavy atom. The number of amides is 1. The number of nitrogens with two attached hydrogens (primary N) is 1. The van der Waals surface area contributed by atoms with Gasteiger partial charge >= 0.3 is 0 Å². The van der Waals surface area contributed by atoms with Crippen LogP contribution in [0.5, 0.6) is 0 Å². The minimum atomic E-state index is -0.00629. The number of carbonyl (C=O) groups excluding carboxylic acids is 1. The molecule has 1 aromatic rings. The first-order valence-corrected chi connectivity index (χ1v) is 6.87. The molecular weight excluding hydrogens is 365 g/mol. The lowest BCUT2D eigenvalue weighted by molar-refractivity contribution is 0.0528. The van der Waals surface area contributed by atoms with Crippen LogP contribution in [-0.4, -0.2) is 34.9 Å². The van der Waals surface area contributed by atoms with Crippen LogP contribution in [0.1, 0.15) is 30.8 Å². The monoisotopic (exact) mass is 383 g/mol. The lowest BCUT2D eigenvalue weighted by Crippen LogP contribution is -2.54. The molecule has 0 saturated carbocycles. The summed E-state index contributed by atoms with van der Waals surface area (Å²) < 4.78 is 1.05. The number of H-pyrrole nitrogens is 1. The van der Waals surface area contributed by atoms with Crippen molar-refractivity contribution in [3.8, 4) is 0 Å². The Bertz CT molecular complexity index is 433. The van der Waals surface area contributed by atoms with Crippen LogP contribution in [0, 0.1) is 8.99 Å². The number of aromatic nitrogens is 1. The highest BCUT2D eigenvalue weighted by atomic mass is 127. The van der Waals surface area contributed by atoms with E-state index in [1.54, 1.807) is 0 Å². The second-order valence-corrected chi connectivity index (χ2v) is 6.59. The summed E-state index contributed by atoms with van der Waals surface area (Å²) in [4.78, 5) is 17.2. The van der Waals surface area contributed by atoms with Crippen LogP contribution in [0.15, 0.2) is 12.3 Å². The van der Waals surface area contributed by atoms with Gasteiger partial charge in [-0.1, -0.05) is 13.8 Å². The lowest BCUT2D eigenvalue weighted by atomic mass is 9.79. The molecule has 0 radical (unpaired) electrons. The van der Waals surface area contributed by atoms with E-state index < -0.39 is 0 Å². The number of piperidine rings is 1. The van der Waals surface area contributed by atoms with E-state index in [4.69, 9.17) is 5.73 Å². The summed E-state index contributed by atoms with van der Waals surface area (Å²) in [7, 11) is 0. The molecule has 1 aliphatic heterocycles. The van der Waals surface area contributed by atoms with Gasteiger partial charge in [0, 0.05) is 28.9 Å². The summed E-state index contributed by atoms with van der Waals surface area (Å²) in [5.74, 6) is 0.0768. The Labute approximate surface area is 127 Å². The van der Waals surface area contributed by atoms with E-state index in [1.807, 2.05) is 17.2 Å². The molecule has 6 heteroatoms. The van der Waals surface area contributed by atoms with Gasteiger partial charge in [0.2, 0.25) is 0 Å². The summed E-state index contributed by atoms with van der Waals surface area (Å²) in [5.41, 5.74) is 6.73. The molecule has 1 saturated heterocycles. The standard InChI is InChI=1S/C12H18IN3O.ClH/c1-12(2)7-16(4-3-10(12)14)11(17)9-5-8(13)6-15-9;/h5-6,10,15H,3-4,7,14H2,1-2H3;1H. The van der Waals surface area contributed by atoms with Crippen LogP contribution in [0.3, 0.4) is 0 Å². The largest absolute Gasteiger partial charge is 0.356 e. The zero-order valence-corrected chi connectivity index (χ0v) is 13.5. The Hall–Kier alpha value is -0.270. The third-order valence-corrected chi connectivity index (χ3v) is 4.10. The molecule has 102 valence electrons. The van der Waals surface area contributed by atoms with E-state index in [9.17, 15) is 4.79 Å². The second kappa shape index (κ2) is 5.79. The molecule has 1 aliphatic rings. The maximum Gasteiger partial charge on any atom is 0.270 e. The van der Waals surface area contributed by atoms with Crippen molar-refractivity contribution < 1.29 is 4.79 Å². The van der Waals surface area contributed by atoms with E-state index in [0.29, 0.717) is 5.69 Å². The van der Waals surface area contributed by atoms with Crippen LogP contribution in [0.4, 0.5) is 0 Å². The molecule has 4 nitrogen and oxygen atoms in total. The summed E-state index contributed by atoms with van der Waals surface area (Å²) in [6.45, 7) is 5.72. The van der Waals surface area contributed by atoms with Gasteiger partial charge in [0.05, 0.1) is 0 Å². The molecule has 1 unspecified atom stereocenters. The maximum absolute atomic E-state index is 12.3. The normalized spacial score (nSPS) is 22.4. The number of nitrogens with one attached hydrogen (secondary N) is 1. The van der Waals surface area contributed by atoms with Crippen molar-refractivity contribution in [2.75, 3.05) is 13.1 Å². The zero-order chi connectivity index (χ0) is 12.6. The molecular formula is C12H19ClIN3O. The van der Waals surface area contributed by atoms with E-state index in [0.717, 1.165) is 23.1 Å². The van der Waals surface area contributed by atoms with Crippen LogP contribution < -0.4 is 5.73 Å². The molecule has 1 amide bonds. The predicted molar refractivity (Wildman–Crippen MR) is 83.0 cm³/mol. The van der Waals surface area contributed by atoms with Crippen molar-refractivity contribution in [1.29, 1.82) is 0 Å². The van der Waals surface area contributed by atoms with E-state index in [-0.39, 0.29) is 29.8 Å². The topological polar surface area (TPSA) is 62.1 Å². The number of likely N-dealkylation sites (tertiary alicyclic amines) is 1. The number of aromatic amines is 1. The Morgan fingerprint density at radius 2 is 2.28 bits per heavy atom. The SMILES string of the molecule is CC1(C)CN(C(=O)c2cc(I)c[nH]2)CCC1N.Cl. The van der Waals surface area contributed by atoms with E-state index in [2.05, 4.69) is 41.4 Å². The molecule has 3 N–H and O–H groups in total. The molecule has 1 fully saturated rings. The third-order valence-electron chi connectivity index (χ3n) is 3.48. The fourth-order valence-corrected chi connectivity index (χ4v) is 2.68. The molecule has 0 aliphatic carbocycles. The van der Waals surface area contributed by atoms with Gasteiger partial charge in [-0.25, -0.2) is 0 Å². The Kier molecular flexibility index (Phi) is 5.08. The van der Waals surface area contributed by atoms with Crippen LogP contribution in [0.2, 0.25) is 0 Å². The fraction of sp³-hybridized carbons (Fsp3) is 0.583. The van der Waals surface area contributed by atoms with Gasteiger partial charge in [-0.05, 0) is 40.5 Å². The number of hydrogen-bond acceptors (Lipinski definition) is 2. The summed E-state index contributed by atoms with van der Waals surface area (Å²) in [5, 5.41) is 0. The van der Waals surface area contributed by atoms with Gasteiger partial charge in [-0.3, -0.25) is 4.79 Å². The summed E-state index contributed by atoms with van der Waals surface area (Å²) in [6.07, 6.45) is 2.71. The lowest BCUT2D eigenvalue weighted by Gasteiger charge is -2.42. The van der Waals surface area contributed by atoms with Crippen molar-refractivity contribution in [3.05, 3.63) is 21.5 Å². The van der Waals surface area contributed by atoms with Gasteiger partial charge in [-0.15, -0.1) is 12.4 Å². The van der Waals surface area contributed by atoms with E-state index in [1.165, 1.54) is 0 Å². The molecule has 0 spiro atoms. The zero-order valence-electron chi connectivity index (χ0n) is 10.6. The van der Waals surface area contributed by atoms with Gasteiger partial charge in [-0.2, -0.15) is 0 Å². The number of rotatable bonds is 1. The number of hydrogen-bond donors (Lipinski definition) is 2. The summed E-state index contributed by atoms with van der Waals surface area (Å²) >= 11 is 2.19. The van der Waals surface area contributed by atoms with Crippen LogP contribution >= 0.6 is 35.0 Å². The minimum Gasteiger partial charge on any atom is -0.356 e. The van der Waals surface area contributed by atoms with Crippen molar-refractivity contribution >= 4 is 40.9 Å².